The van der Waals surface area contributed by atoms with Gasteiger partial charge in [-0.2, -0.15) is 0 Å². The molecule has 4 heterocycles. The van der Waals surface area contributed by atoms with Crippen molar-refractivity contribution in [1.82, 2.24) is 24.8 Å². The molecule has 0 aliphatic carbocycles. The standard InChI is InChI=1S/C27H38BrN7O/c1-3-33-11-9-21(10-12-33)30-24-23(28)19-29-27-25(24)31-26(32-27)20-5-7-22(8-6-20)35-15-13-34(14-16-35)17-18-36-4-2/h5-8,19,21H,3-4,9-18H2,1-2H3,(H2,29,30,31,32). The summed E-state index contributed by atoms with van der Waals surface area (Å²) in [6.07, 6.45) is 4.15. The van der Waals surface area contributed by atoms with Crippen LogP contribution in [0.15, 0.2) is 34.9 Å². The summed E-state index contributed by atoms with van der Waals surface area (Å²) in [5, 5.41) is 3.77. The minimum absolute atomic E-state index is 0.459. The average molecular weight is 557 g/mol. The van der Waals surface area contributed by atoms with Crippen LogP contribution in [0.25, 0.3) is 22.6 Å². The lowest BCUT2D eigenvalue weighted by atomic mass is 10.0. The number of piperidine rings is 1. The fourth-order valence-electron chi connectivity index (χ4n) is 5.21. The third-order valence-corrected chi connectivity index (χ3v) is 8.09. The Balaban J connectivity index is 1.26. The van der Waals surface area contributed by atoms with Crippen LogP contribution in [0.5, 0.6) is 0 Å². The van der Waals surface area contributed by atoms with Crippen LogP contribution in [0.3, 0.4) is 0 Å². The van der Waals surface area contributed by atoms with E-state index in [1.165, 1.54) is 5.69 Å². The Hall–Kier alpha value is -2.20. The summed E-state index contributed by atoms with van der Waals surface area (Å²) in [6.45, 7) is 14.6. The van der Waals surface area contributed by atoms with E-state index in [4.69, 9.17) is 9.72 Å². The number of halogens is 1. The van der Waals surface area contributed by atoms with Crippen molar-refractivity contribution in [2.75, 3.05) is 75.8 Å². The molecule has 194 valence electrons. The van der Waals surface area contributed by atoms with E-state index in [0.29, 0.717) is 6.04 Å². The minimum Gasteiger partial charge on any atom is -0.380 e. The Kier molecular flexibility index (Phi) is 8.41. The maximum atomic E-state index is 5.51. The number of piperazine rings is 1. The summed E-state index contributed by atoms with van der Waals surface area (Å²) in [7, 11) is 0. The van der Waals surface area contributed by atoms with Gasteiger partial charge in [-0.15, -0.1) is 0 Å². The van der Waals surface area contributed by atoms with Gasteiger partial charge in [0.15, 0.2) is 5.65 Å². The summed E-state index contributed by atoms with van der Waals surface area (Å²) in [5.74, 6) is 0.853. The molecule has 0 saturated carbocycles. The summed E-state index contributed by atoms with van der Waals surface area (Å²) < 4.78 is 6.48. The van der Waals surface area contributed by atoms with E-state index in [1.807, 2.05) is 6.20 Å². The summed E-state index contributed by atoms with van der Waals surface area (Å²) in [4.78, 5) is 20.4. The van der Waals surface area contributed by atoms with Crippen LogP contribution in [0.2, 0.25) is 0 Å². The predicted octanol–water partition coefficient (Wildman–Crippen LogP) is 4.44. The number of nitrogens with zero attached hydrogens (tertiary/aromatic N) is 5. The van der Waals surface area contributed by atoms with Crippen LogP contribution in [0.1, 0.15) is 26.7 Å². The first-order valence-electron chi connectivity index (χ1n) is 13.3. The van der Waals surface area contributed by atoms with Crippen LogP contribution in [-0.2, 0) is 4.74 Å². The SMILES string of the molecule is CCOCCN1CCN(c2ccc(-c3nc4ncc(Br)c(NC5CCN(CC)CC5)c4[nH]3)cc2)CC1. The first-order chi connectivity index (χ1) is 17.6. The topological polar surface area (TPSA) is 72.6 Å². The zero-order valence-corrected chi connectivity index (χ0v) is 23.1. The molecular formula is C27H38BrN7O. The van der Waals surface area contributed by atoms with Crippen molar-refractivity contribution in [3.8, 4) is 11.4 Å². The van der Waals surface area contributed by atoms with Crippen molar-refractivity contribution >= 4 is 38.5 Å². The van der Waals surface area contributed by atoms with Crippen molar-refractivity contribution in [2.45, 2.75) is 32.7 Å². The Morgan fingerprint density at radius 1 is 1.03 bits per heavy atom. The van der Waals surface area contributed by atoms with Crippen molar-refractivity contribution < 1.29 is 4.74 Å². The number of ether oxygens (including phenoxy) is 1. The van der Waals surface area contributed by atoms with E-state index >= 15 is 0 Å². The second-order valence-electron chi connectivity index (χ2n) is 9.69. The van der Waals surface area contributed by atoms with Gasteiger partial charge in [0.25, 0.3) is 0 Å². The third kappa shape index (κ3) is 5.85. The summed E-state index contributed by atoms with van der Waals surface area (Å²) in [5.41, 5.74) is 5.11. The first-order valence-corrected chi connectivity index (χ1v) is 14.1. The fourth-order valence-corrected chi connectivity index (χ4v) is 5.62. The van der Waals surface area contributed by atoms with Gasteiger partial charge in [-0.25, -0.2) is 9.97 Å². The molecule has 0 spiro atoms. The van der Waals surface area contributed by atoms with E-state index in [1.54, 1.807) is 0 Å². The molecule has 9 heteroatoms. The van der Waals surface area contributed by atoms with Crippen LogP contribution >= 0.6 is 15.9 Å². The van der Waals surface area contributed by atoms with E-state index in [-0.39, 0.29) is 0 Å². The molecule has 2 aliphatic heterocycles. The third-order valence-electron chi connectivity index (χ3n) is 7.49. The van der Waals surface area contributed by atoms with Crippen molar-refractivity contribution in [1.29, 1.82) is 0 Å². The number of aromatic nitrogens is 3. The van der Waals surface area contributed by atoms with Gasteiger partial charge in [0.05, 0.1) is 16.8 Å². The first kappa shape index (κ1) is 25.4. The molecule has 8 nitrogen and oxygen atoms in total. The predicted molar refractivity (Wildman–Crippen MR) is 151 cm³/mol. The zero-order valence-electron chi connectivity index (χ0n) is 21.5. The van der Waals surface area contributed by atoms with E-state index in [2.05, 4.69) is 84.0 Å². The van der Waals surface area contributed by atoms with Gasteiger partial charge in [-0.3, -0.25) is 4.90 Å². The molecule has 0 amide bonds. The van der Waals surface area contributed by atoms with Gasteiger partial charge in [-0.05, 0) is 66.5 Å². The largest absolute Gasteiger partial charge is 0.380 e. The normalized spacial score (nSPS) is 18.2. The number of anilines is 2. The molecule has 0 unspecified atom stereocenters. The number of likely N-dealkylation sites (tertiary alicyclic amines) is 1. The Morgan fingerprint density at radius 3 is 2.47 bits per heavy atom. The van der Waals surface area contributed by atoms with Gasteiger partial charge in [-0.1, -0.05) is 6.92 Å². The van der Waals surface area contributed by atoms with Crippen molar-refractivity contribution in [3.05, 3.63) is 34.9 Å². The molecule has 2 fully saturated rings. The van der Waals surface area contributed by atoms with Gasteiger partial charge in [0.2, 0.25) is 0 Å². The number of rotatable bonds is 9. The molecular weight excluding hydrogens is 518 g/mol. The highest BCUT2D eigenvalue weighted by molar-refractivity contribution is 9.10. The molecule has 3 aromatic rings. The molecule has 2 saturated heterocycles. The maximum Gasteiger partial charge on any atom is 0.180 e. The second kappa shape index (κ2) is 11.9. The lowest BCUT2D eigenvalue weighted by molar-refractivity contribution is 0.111. The molecule has 36 heavy (non-hydrogen) atoms. The summed E-state index contributed by atoms with van der Waals surface area (Å²) in [6, 6.07) is 9.21. The van der Waals surface area contributed by atoms with Gasteiger partial charge in [0.1, 0.15) is 11.3 Å². The van der Waals surface area contributed by atoms with E-state index < -0.39 is 0 Å². The number of nitrogens with one attached hydrogen (secondary N) is 2. The number of hydrogen-bond acceptors (Lipinski definition) is 7. The number of imidazole rings is 1. The van der Waals surface area contributed by atoms with Crippen molar-refractivity contribution in [3.63, 3.8) is 0 Å². The Labute approximate surface area is 222 Å². The quantitative estimate of drug-likeness (QED) is 0.378. The van der Waals surface area contributed by atoms with Crippen molar-refractivity contribution in [2.24, 2.45) is 0 Å². The van der Waals surface area contributed by atoms with Crippen LogP contribution in [-0.4, -0.2) is 96.4 Å². The molecule has 0 bridgehead atoms. The molecule has 0 radical (unpaired) electrons. The molecule has 2 aromatic heterocycles. The van der Waals surface area contributed by atoms with Crippen LogP contribution in [0.4, 0.5) is 11.4 Å². The van der Waals surface area contributed by atoms with E-state index in [9.17, 15) is 0 Å². The number of hydrogen-bond donors (Lipinski definition) is 2. The molecule has 2 aliphatic rings. The zero-order chi connectivity index (χ0) is 24.9. The molecule has 2 N–H and O–H groups in total. The average Bonchev–Trinajstić information content (AvgIpc) is 3.36. The number of benzene rings is 1. The lowest BCUT2D eigenvalue weighted by Crippen LogP contribution is -2.47. The fraction of sp³-hybridized carbons (Fsp3) is 0.556. The lowest BCUT2D eigenvalue weighted by Gasteiger charge is -2.36. The molecule has 5 rings (SSSR count). The molecule has 0 atom stereocenters. The van der Waals surface area contributed by atoms with Gasteiger partial charge < -0.3 is 24.8 Å². The van der Waals surface area contributed by atoms with Crippen LogP contribution in [0, 0.1) is 0 Å². The van der Waals surface area contributed by atoms with E-state index in [0.717, 1.165) is 111 Å². The van der Waals surface area contributed by atoms with Gasteiger partial charge >= 0.3 is 0 Å². The minimum atomic E-state index is 0.459. The van der Waals surface area contributed by atoms with Gasteiger partial charge in [0, 0.05) is 75.9 Å². The highest BCUT2D eigenvalue weighted by Crippen LogP contribution is 2.33. The Morgan fingerprint density at radius 2 is 1.78 bits per heavy atom. The van der Waals surface area contributed by atoms with Crippen LogP contribution < -0.4 is 10.2 Å². The second-order valence-corrected chi connectivity index (χ2v) is 10.5. The maximum absolute atomic E-state index is 5.51. The monoisotopic (exact) mass is 555 g/mol. The highest BCUT2D eigenvalue weighted by Gasteiger charge is 2.21. The number of aromatic amines is 1. The highest BCUT2D eigenvalue weighted by atomic mass is 79.9. The molecule has 1 aromatic carbocycles. The Bertz CT molecular complexity index is 1120. The number of pyridine rings is 1. The smallest absolute Gasteiger partial charge is 0.180 e. The number of fused-ring (bicyclic) bond motifs is 1. The number of H-pyrrole nitrogens is 1. The summed E-state index contributed by atoms with van der Waals surface area (Å²) >= 11 is 3.71.